The average molecular weight is 833 g/mol. The van der Waals surface area contributed by atoms with E-state index in [9.17, 15) is 14.4 Å². The Hall–Kier alpha value is -3.67. The molecule has 0 aliphatic carbocycles. The van der Waals surface area contributed by atoms with E-state index in [1.54, 1.807) is 0 Å². The summed E-state index contributed by atoms with van der Waals surface area (Å²) >= 11 is 0. The molecule has 0 aromatic heterocycles. The quantitative estimate of drug-likeness (QED) is 0.0200. The Bertz CT molecular complexity index is 1230. The van der Waals surface area contributed by atoms with Crippen molar-refractivity contribution in [2.45, 2.75) is 213 Å². The van der Waals surface area contributed by atoms with Crippen LogP contribution in [0.25, 0.3) is 0 Å². The zero-order chi connectivity index (χ0) is 43.7. The monoisotopic (exact) mass is 833 g/mol. The van der Waals surface area contributed by atoms with Crippen LogP contribution >= 0.6 is 0 Å². The molecule has 0 N–H and O–H groups in total. The highest BCUT2D eigenvalue weighted by molar-refractivity contribution is 5.71. The number of hydrogen-bond donors (Lipinski definition) is 0. The van der Waals surface area contributed by atoms with Gasteiger partial charge in [0.25, 0.3) is 0 Å². The molecule has 60 heavy (non-hydrogen) atoms. The van der Waals surface area contributed by atoms with Crippen molar-refractivity contribution in [3.05, 3.63) is 97.2 Å². The second-order valence-corrected chi connectivity index (χ2v) is 15.7. The smallest absolute Gasteiger partial charge is 0.306 e. The molecule has 0 aromatic carbocycles. The van der Waals surface area contributed by atoms with E-state index in [4.69, 9.17) is 14.2 Å². The predicted octanol–water partition coefficient (Wildman–Crippen LogP) is 15.8. The molecule has 0 aromatic rings. The molecule has 0 bridgehead atoms. The van der Waals surface area contributed by atoms with Crippen molar-refractivity contribution in [2.24, 2.45) is 0 Å². The minimum Gasteiger partial charge on any atom is -0.462 e. The van der Waals surface area contributed by atoms with Gasteiger partial charge in [0.15, 0.2) is 6.10 Å². The topological polar surface area (TPSA) is 78.9 Å². The summed E-state index contributed by atoms with van der Waals surface area (Å²) in [4.78, 5) is 37.8. The van der Waals surface area contributed by atoms with Crippen LogP contribution in [-0.2, 0) is 28.6 Å². The Morgan fingerprint density at radius 1 is 0.367 bits per heavy atom. The maximum atomic E-state index is 12.8. The van der Waals surface area contributed by atoms with Crippen molar-refractivity contribution >= 4 is 17.9 Å². The summed E-state index contributed by atoms with van der Waals surface area (Å²) in [7, 11) is 0. The molecular formula is C54H88O6. The van der Waals surface area contributed by atoms with Gasteiger partial charge >= 0.3 is 17.9 Å². The van der Waals surface area contributed by atoms with Crippen molar-refractivity contribution in [1.82, 2.24) is 0 Å². The van der Waals surface area contributed by atoms with Gasteiger partial charge in [-0.15, -0.1) is 0 Å². The Morgan fingerprint density at radius 3 is 1.27 bits per heavy atom. The highest BCUT2D eigenvalue weighted by atomic mass is 16.6. The van der Waals surface area contributed by atoms with Gasteiger partial charge in [-0.2, -0.15) is 0 Å². The third kappa shape index (κ3) is 45.4. The first kappa shape index (κ1) is 56.3. The lowest BCUT2D eigenvalue weighted by molar-refractivity contribution is -0.166. The first-order valence-electron chi connectivity index (χ1n) is 24.3. The molecule has 0 amide bonds. The number of carbonyl (C=O) groups excluding carboxylic acids is 3. The SMILES string of the molecule is CC\C=C/C=C\C=C/CCCCCCCCCC(=O)OC(COC(=O)CC/C=C\C/C=C\C/C=C\C/C=C\C/C=C\CC)COC(=O)CCCCCCCCCCCCC. The lowest BCUT2D eigenvalue weighted by atomic mass is 10.1. The standard InChI is InChI=1S/C54H88O6/c1-4-7-10-13-16-19-22-24-26-28-29-32-35-38-41-44-47-53(56)59-50-51(49-58-52(55)46-43-40-37-34-31-21-18-15-12-9-6-3)60-54(57)48-45-42-39-36-33-30-27-25-23-20-17-14-11-8-5-2/h7-8,10-11,14,16-17,19-20,23-24,26,29,32,38,41,51H,4-6,9,12-13,15,18,21-22,25,27-28,30-31,33-37,39-40,42-50H2,1-3H3/b10-7-,11-8-,17-14-,19-16-,23-20-,26-24-,32-29-,41-38-. The van der Waals surface area contributed by atoms with Gasteiger partial charge in [0, 0.05) is 19.3 Å². The molecule has 1 atom stereocenters. The molecule has 0 heterocycles. The summed E-state index contributed by atoms with van der Waals surface area (Å²) in [6.07, 6.45) is 62.5. The molecule has 0 rings (SSSR count). The van der Waals surface area contributed by atoms with E-state index in [1.165, 1.54) is 70.6 Å². The van der Waals surface area contributed by atoms with E-state index < -0.39 is 6.10 Å². The van der Waals surface area contributed by atoms with Gasteiger partial charge in [-0.05, 0) is 70.6 Å². The third-order valence-corrected chi connectivity index (χ3v) is 9.91. The number of esters is 3. The van der Waals surface area contributed by atoms with Gasteiger partial charge < -0.3 is 14.2 Å². The predicted molar refractivity (Wildman–Crippen MR) is 256 cm³/mol. The number of allylic oxidation sites excluding steroid dienone is 16. The van der Waals surface area contributed by atoms with Gasteiger partial charge in [-0.25, -0.2) is 0 Å². The van der Waals surface area contributed by atoms with E-state index in [0.29, 0.717) is 19.3 Å². The second-order valence-electron chi connectivity index (χ2n) is 15.7. The van der Waals surface area contributed by atoms with Crippen LogP contribution in [-0.4, -0.2) is 37.2 Å². The lowest BCUT2D eigenvalue weighted by Gasteiger charge is -2.18. The Balaban J connectivity index is 4.52. The fourth-order valence-electron chi connectivity index (χ4n) is 6.31. The normalized spacial score (nSPS) is 12.9. The molecule has 340 valence electrons. The molecule has 0 saturated heterocycles. The molecule has 6 heteroatoms. The fourth-order valence-corrected chi connectivity index (χ4v) is 6.31. The zero-order valence-corrected chi connectivity index (χ0v) is 38.7. The first-order chi connectivity index (χ1) is 29.5. The van der Waals surface area contributed by atoms with Crippen LogP contribution in [0.5, 0.6) is 0 Å². The number of rotatable bonds is 42. The Kier molecular flexibility index (Phi) is 45.1. The summed E-state index contributed by atoms with van der Waals surface area (Å²) in [5.74, 6) is -1.01. The average Bonchev–Trinajstić information content (AvgIpc) is 3.24. The molecule has 1 unspecified atom stereocenters. The number of unbranched alkanes of at least 4 members (excludes halogenated alkanes) is 17. The molecule has 0 spiro atoms. The van der Waals surface area contributed by atoms with E-state index in [2.05, 4.69) is 106 Å². The van der Waals surface area contributed by atoms with Gasteiger partial charge in [-0.1, -0.05) is 214 Å². The van der Waals surface area contributed by atoms with E-state index in [1.807, 2.05) is 12.2 Å². The minimum absolute atomic E-state index is 0.105. The second kappa shape index (κ2) is 48.0. The summed E-state index contributed by atoms with van der Waals surface area (Å²) in [5.41, 5.74) is 0. The van der Waals surface area contributed by atoms with E-state index in [-0.39, 0.29) is 37.5 Å². The third-order valence-electron chi connectivity index (χ3n) is 9.91. The van der Waals surface area contributed by atoms with E-state index >= 15 is 0 Å². The first-order valence-corrected chi connectivity index (χ1v) is 24.3. The minimum atomic E-state index is -0.811. The van der Waals surface area contributed by atoms with Crippen LogP contribution in [0.15, 0.2) is 97.2 Å². The largest absolute Gasteiger partial charge is 0.462 e. The summed E-state index contributed by atoms with van der Waals surface area (Å²) in [6, 6.07) is 0. The van der Waals surface area contributed by atoms with Crippen molar-refractivity contribution in [2.75, 3.05) is 13.2 Å². The molecule has 0 radical (unpaired) electrons. The summed E-state index contributed by atoms with van der Waals surface area (Å²) in [5, 5.41) is 0. The lowest BCUT2D eigenvalue weighted by Crippen LogP contribution is -2.30. The zero-order valence-electron chi connectivity index (χ0n) is 38.7. The van der Waals surface area contributed by atoms with Crippen molar-refractivity contribution < 1.29 is 28.6 Å². The van der Waals surface area contributed by atoms with Crippen LogP contribution in [0.2, 0.25) is 0 Å². The van der Waals surface area contributed by atoms with Gasteiger partial charge in [-0.3, -0.25) is 14.4 Å². The Labute approximate surface area is 368 Å². The van der Waals surface area contributed by atoms with Gasteiger partial charge in [0.1, 0.15) is 13.2 Å². The number of carbonyl (C=O) groups is 3. The van der Waals surface area contributed by atoms with Crippen molar-refractivity contribution in [3.63, 3.8) is 0 Å². The maximum absolute atomic E-state index is 12.8. The molecule has 6 nitrogen and oxygen atoms in total. The molecule has 0 aliphatic heterocycles. The van der Waals surface area contributed by atoms with Crippen LogP contribution in [0.4, 0.5) is 0 Å². The van der Waals surface area contributed by atoms with Crippen LogP contribution in [0, 0.1) is 0 Å². The van der Waals surface area contributed by atoms with Crippen LogP contribution < -0.4 is 0 Å². The van der Waals surface area contributed by atoms with Crippen LogP contribution in [0.1, 0.15) is 207 Å². The van der Waals surface area contributed by atoms with Crippen LogP contribution in [0.3, 0.4) is 0 Å². The van der Waals surface area contributed by atoms with Gasteiger partial charge in [0.05, 0.1) is 0 Å². The van der Waals surface area contributed by atoms with E-state index in [0.717, 1.165) is 89.9 Å². The summed E-state index contributed by atoms with van der Waals surface area (Å²) in [6.45, 7) is 6.29. The Morgan fingerprint density at radius 2 is 0.767 bits per heavy atom. The number of ether oxygens (including phenoxy) is 3. The highest BCUT2D eigenvalue weighted by Crippen LogP contribution is 2.14. The molecule has 0 saturated carbocycles. The molecular weight excluding hydrogens is 745 g/mol. The highest BCUT2D eigenvalue weighted by Gasteiger charge is 2.19. The van der Waals surface area contributed by atoms with Crippen molar-refractivity contribution in [3.8, 4) is 0 Å². The molecule has 0 aliphatic rings. The van der Waals surface area contributed by atoms with Crippen molar-refractivity contribution in [1.29, 1.82) is 0 Å². The summed E-state index contributed by atoms with van der Waals surface area (Å²) < 4.78 is 16.7. The van der Waals surface area contributed by atoms with Gasteiger partial charge in [0.2, 0.25) is 0 Å². The fraction of sp³-hybridized carbons (Fsp3) is 0.648. The maximum Gasteiger partial charge on any atom is 0.306 e. The number of hydrogen-bond acceptors (Lipinski definition) is 6. The molecule has 0 fully saturated rings.